The Morgan fingerprint density at radius 1 is 1.04 bits per heavy atom. The van der Waals surface area contributed by atoms with Crippen LogP contribution in [0.2, 0.25) is 0 Å². The molecule has 4 aliphatic rings. The highest BCUT2D eigenvalue weighted by atomic mass is 79.9. The van der Waals surface area contributed by atoms with Crippen LogP contribution in [-0.2, 0) is 10.5 Å². The lowest BCUT2D eigenvalue weighted by Crippen LogP contribution is -2.51. The van der Waals surface area contributed by atoms with Gasteiger partial charge in [0.15, 0.2) is 0 Å². The average Bonchev–Trinajstić information content (AvgIpc) is 2.80. The van der Waals surface area contributed by atoms with E-state index in [0.29, 0.717) is 6.10 Å². The number of benzene rings is 2. The lowest BCUT2D eigenvalue weighted by Gasteiger charge is -2.45. The van der Waals surface area contributed by atoms with E-state index in [1.165, 1.54) is 47.5 Å². The Kier molecular flexibility index (Phi) is 4.41. The molecule has 2 bridgehead atoms. The second kappa shape index (κ2) is 6.73. The number of rotatable bonds is 2. The Hall–Kier alpha value is -0.810. The molecule has 0 aliphatic carbocycles. The third-order valence-electron chi connectivity index (χ3n) is 5.88. The summed E-state index contributed by atoms with van der Waals surface area (Å²) < 4.78 is 8.01. The Morgan fingerprint density at radius 2 is 1.88 bits per heavy atom. The number of piperidine rings is 3. The van der Waals surface area contributed by atoms with Gasteiger partial charge in [0.05, 0.1) is 6.10 Å². The third kappa shape index (κ3) is 3.08. The summed E-state index contributed by atoms with van der Waals surface area (Å²) in [4.78, 5) is 3.93. The molecule has 0 saturated carbocycles. The van der Waals surface area contributed by atoms with Gasteiger partial charge >= 0.3 is 0 Å². The molecule has 0 aromatic heterocycles. The SMILES string of the molecule is Brc1ccc2c(c1)[C@@H](O[C@@H]1CN3CCC1CC3)c1ccccc1CS2. The molecule has 4 aliphatic heterocycles. The topological polar surface area (TPSA) is 12.5 Å². The Bertz CT molecular complexity index is 787. The highest BCUT2D eigenvalue weighted by Gasteiger charge is 2.37. The van der Waals surface area contributed by atoms with E-state index in [1.807, 2.05) is 11.8 Å². The van der Waals surface area contributed by atoms with Crippen molar-refractivity contribution in [1.29, 1.82) is 0 Å². The molecule has 4 heterocycles. The number of ether oxygens (including phenoxy) is 1. The molecule has 2 aromatic carbocycles. The highest BCUT2D eigenvalue weighted by Crippen LogP contribution is 2.44. The predicted molar refractivity (Wildman–Crippen MR) is 106 cm³/mol. The van der Waals surface area contributed by atoms with Crippen LogP contribution in [0.1, 0.15) is 35.6 Å². The van der Waals surface area contributed by atoms with Crippen LogP contribution in [0.4, 0.5) is 0 Å². The van der Waals surface area contributed by atoms with Crippen molar-refractivity contribution in [2.24, 2.45) is 5.92 Å². The van der Waals surface area contributed by atoms with Gasteiger partial charge in [-0.1, -0.05) is 40.2 Å². The monoisotopic (exact) mass is 415 g/mol. The first-order chi connectivity index (χ1) is 12.3. The van der Waals surface area contributed by atoms with Crippen molar-refractivity contribution in [3.8, 4) is 0 Å². The molecular weight excluding hydrogens is 394 g/mol. The molecule has 6 rings (SSSR count). The first-order valence-electron chi connectivity index (χ1n) is 9.16. The Balaban J connectivity index is 1.56. The first kappa shape index (κ1) is 16.4. The van der Waals surface area contributed by atoms with Crippen LogP contribution in [0.15, 0.2) is 51.8 Å². The van der Waals surface area contributed by atoms with Gasteiger partial charge in [0.25, 0.3) is 0 Å². The molecule has 3 fully saturated rings. The average molecular weight is 416 g/mol. The fourth-order valence-corrected chi connectivity index (χ4v) is 5.94. The van der Waals surface area contributed by atoms with Gasteiger partial charge in [0.1, 0.15) is 6.10 Å². The molecular formula is C21H22BrNOS. The van der Waals surface area contributed by atoms with E-state index in [-0.39, 0.29) is 6.10 Å². The fraction of sp³-hybridized carbons (Fsp3) is 0.429. The number of thioether (sulfide) groups is 1. The number of nitrogens with zero attached hydrogens (tertiary/aromatic N) is 1. The second-order valence-electron chi connectivity index (χ2n) is 7.36. The quantitative estimate of drug-likeness (QED) is 0.663. The minimum atomic E-state index is 0.0456. The van der Waals surface area contributed by atoms with Crippen molar-refractivity contribution in [2.75, 3.05) is 19.6 Å². The van der Waals surface area contributed by atoms with Crippen LogP contribution in [0.3, 0.4) is 0 Å². The van der Waals surface area contributed by atoms with Gasteiger partial charge in [-0.25, -0.2) is 0 Å². The van der Waals surface area contributed by atoms with Gasteiger partial charge < -0.3 is 9.64 Å². The maximum absolute atomic E-state index is 6.88. The number of hydrogen-bond donors (Lipinski definition) is 0. The molecule has 130 valence electrons. The van der Waals surface area contributed by atoms with Gasteiger partial charge in [-0.15, -0.1) is 11.8 Å². The van der Waals surface area contributed by atoms with Crippen LogP contribution in [0, 0.1) is 5.92 Å². The molecule has 2 aromatic rings. The lowest BCUT2D eigenvalue weighted by molar-refractivity contribution is -0.0933. The van der Waals surface area contributed by atoms with Crippen molar-refractivity contribution < 1.29 is 4.74 Å². The zero-order valence-electron chi connectivity index (χ0n) is 14.2. The van der Waals surface area contributed by atoms with Crippen molar-refractivity contribution >= 4 is 27.7 Å². The van der Waals surface area contributed by atoms with Crippen molar-refractivity contribution in [3.63, 3.8) is 0 Å². The van der Waals surface area contributed by atoms with Crippen molar-refractivity contribution in [3.05, 3.63) is 63.6 Å². The van der Waals surface area contributed by atoms with Crippen LogP contribution in [0.25, 0.3) is 0 Å². The molecule has 4 heteroatoms. The minimum Gasteiger partial charge on any atom is -0.364 e. The summed E-state index contributed by atoms with van der Waals surface area (Å²) in [5, 5.41) is 0. The molecule has 0 spiro atoms. The van der Waals surface area contributed by atoms with Crippen LogP contribution in [0.5, 0.6) is 0 Å². The maximum atomic E-state index is 6.88. The lowest BCUT2D eigenvalue weighted by atomic mass is 9.85. The van der Waals surface area contributed by atoms with E-state index in [4.69, 9.17) is 4.74 Å². The zero-order valence-corrected chi connectivity index (χ0v) is 16.6. The number of fused-ring (bicyclic) bond motifs is 5. The van der Waals surface area contributed by atoms with Gasteiger partial charge in [0, 0.05) is 21.7 Å². The molecule has 25 heavy (non-hydrogen) atoms. The number of hydrogen-bond acceptors (Lipinski definition) is 3. The summed E-state index contributed by atoms with van der Waals surface area (Å²) in [7, 11) is 0. The molecule has 2 nitrogen and oxygen atoms in total. The summed E-state index contributed by atoms with van der Waals surface area (Å²) >= 11 is 5.60. The largest absolute Gasteiger partial charge is 0.364 e. The Labute approximate surface area is 162 Å². The third-order valence-corrected chi connectivity index (χ3v) is 7.51. The molecule has 0 N–H and O–H groups in total. The van der Waals surface area contributed by atoms with Gasteiger partial charge in [-0.2, -0.15) is 0 Å². The second-order valence-corrected chi connectivity index (χ2v) is 9.30. The van der Waals surface area contributed by atoms with Crippen LogP contribution < -0.4 is 0 Å². The Morgan fingerprint density at radius 3 is 2.68 bits per heavy atom. The smallest absolute Gasteiger partial charge is 0.109 e. The van der Waals surface area contributed by atoms with Crippen molar-refractivity contribution in [1.82, 2.24) is 4.90 Å². The molecule has 0 unspecified atom stereocenters. The predicted octanol–water partition coefficient (Wildman–Crippen LogP) is 5.26. The summed E-state index contributed by atoms with van der Waals surface area (Å²) in [5.74, 6) is 1.74. The standard InChI is InChI=1S/C21H22BrNOS/c22-16-5-6-20-18(11-16)21(17-4-2-1-3-15(17)13-25-20)24-19-12-23-9-7-14(19)8-10-23/h1-6,11,14,19,21H,7-10,12-13H2/t19-,21+/m1/s1. The zero-order chi connectivity index (χ0) is 16.8. The van der Waals surface area contributed by atoms with Crippen LogP contribution in [-0.4, -0.2) is 30.6 Å². The summed E-state index contributed by atoms with van der Waals surface area (Å²) in [5.41, 5.74) is 4.08. The van der Waals surface area contributed by atoms with Gasteiger partial charge in [0.2, 0.25) is 0 Å². The summed E-state index contributed by atoms with van der Waals surface area (Å²) in [6, 6.07) is 15.5. The first-order valence-corrected chi connectivity index (χ1v) is 10.9. The van der Waals surface area contributed by atoms with E-state index < -0.39 is 0 Å². The van der Waals surface area contributed by atoms with E-state index in [1.54, 1.807) is 0 Å². The van der Waals surface area contributed by atoms with E-state index >= 15 is 0 Å². The van der Waals surface area contributed by atoms with E-state index in [9.17, 15) is 0 Å². The van der Waals surface area contributed by atoms with Gasteiger partial charge in [-0.05, 0) is 66.7 Å². The van der Waals surface area contributed by atoms with E-state index in [0.717, 1.165) is 22.7 Å². The fourth-order valence-electron chi connectivity index (χ4n) is 4.49. The molecule has 0 radical (unpaired) electrons. The van der Waals surface area contributed by atoms with Gasteiger partial charge in [-0.3, -0.25) is 0 Å². The molecule has 2 atom stereocenters. The maximum Gasteiger partial charge on any atom is 0.109 e. The molecule has 0 amide bonds. The normalized spacial score (nSPS) is 30.4. The van der Waals surface area contributed by atoms with Crippen molar-refractivity contribution in [2.45, 2.75) is 35.7 Å². The summed E-state index contributed by atoms with van der Waals surface area (Å²) in [6.45, 7) is 3.60. The van der Waals surface area contributed by atoms with Crippen LogP contribution >= 0.6 is 27.7 Å². The minimum absolute atomic E-state index is 0.0456. The van der Waals surface area contributed by atoms with E-state index in [2.05, 4.69) is 63.3 Å². The highest BCUT2D eigenvalue weighted by molar-refractivity contribution is 9.10. The number of halogens is 1. The molecule has 3 saturated heterocycles. The summed E-state index contributed by atoms with van der Waals surface area (Å²) in [6.07, 6.45) is 2.98.